The standard InChI is InChI=1S/C7H4ClFN2/c8-6-2-1-5(9)3-7(6)11-4-10/h1-3,11H. The van der Waals surface area contributed by atoms with E-state index in [1.54, 1.807) is 6.19 Å². The van der Waals surface area contributed by atoms with Gasteiger partial charge in [-0.3, -0.25) is 5.32 Å². The summed E-state index contributed by atoms with van der Waals surface area (Å²) in [5.41, 5.74) is 0.286. The molecule has 0 unspecified atom stereocenters. The van der Waals surface area contributed by atoms with Gasteiger partial charge < -0.3 is 0 Å². The average molecular weight is 171 g/mol. The Balaban J connectivity index is 3.05. The topological polar surface area (TPSA) is 35.8 Å². The molecule has 0 amide bonds. The zero-order valence-corrected chi connectivity index (χ0v) is 6.19. The van der Waals surface area contributed by atoms with Crippen molar-refractivity contribution in [3.63, 3.8) is 0 Å². The van der Waals surface area contributed by atoms with E-state index < -0.39 is 5.82 Å². The lowest BCUT2D eigenvalue weighted by atomic mass is 10.3. The van der Waals surface area contributed by atoms with E-state index in [4.69, 9.17) is 16.9 Å². The number of nitrogens with zero attached hydrogens (tertiary/aromatic N) is 1. The Labute approximate surface area is 68.2 Å². The summed E-state index contributed by atoms with van der Waals surface area (Å²) in [6.07, 6.45) is 1.65. The highest BCUT2D eigenvalue weighted by Gasteiger charge is 1.99. The van der Waals surface area contributed by atoms with Crippen LogP contribution in [0.2, 0.25) is 5.02 Å². The van der Waals surface area contributed by atoms with E-state index in [0.29, 0.717) is 5.02 Å². The van der Waals surface area contributed by atoms with Crippen LogP contribution in [0.25, 0.3) is 0 Å². The number of rotatable bonds is 1. The third-order valence-electron chi connectivity index (χ3n) is 1.12. The van der Waals surface area contributed by atoms with Crippen LogP contribution in [0.1, 0.15) is 0 Å². The first-order valence-corrected chi connectivity index (χ1v) is 3.22. The Hall–Kier alpha value is -1.27. The molecule has 56 valence electrons. The van der Waals surface area contributed by atoms with Gasteiger partial charge in [-0.1, -0.05) is 11.6 Å². The summed E-state index contributed by atoms with van der Waals surface area (Å²) in [7, 11) is 0. The van der Waals surface area contributed by atoms with Crippen molar-refractivity contribution in [3.8, 4) is 6.19 Å². The molecular formula is C7H4ClFN2. The smallest absolute Gasteiger partial charge is 0.181 e. The normalized spacial score (nSPS) is 8.82. The molecule has 0 saturated carbocycles. The summed E-state index contributed by atoms with van der Waals surface area (Å²) in [4.78, 5) is 0. The molecule has 0 atom stereocenters. The molecule has 0 aromatic heterocycles. The van der Waals surface area contributed by atoms with E-state index >= 15 is 0 Å². The summed E-state index contributed by atoms with van der Waals surface area (Å²) in [6.45, 7) is 0. The lowest BCUT2D eigenvalue weighted by molar-refractivity contribution is 0.628. The summed E-state index contributed by atoms with van der Waals surface area (Å²) < 4.78 is 12.5. The number of halogens is 2. The molecule has 0 saturated heterocycles. The molecule has 0 aliphatic heterocycles. The minimum absolute atomic E-state index is 0.286. The number of benzene rings is 1. The predicted molar refractivity (Wildman–Crippen MR) is 40.6 cm³/mol. The highest BCUT2D eigenvalue weighted by molar-refractivity contribution is 6.33. The van der Waals surface area contributed by atoms with E-state index in [1.807, 2.05) is 0 Å². The Morgan fingerprint density at radius 1 is 1.55 bits per heavy atom. The van der Waals surface area contributed by atoms with Crippen LogP contribution in [-0.4, -0.2) is 0 Å². The van der Waals surface area contributed by atoms with Crippen molar-refractivity contribution in [1.82, 2.24) is 0 Å². The SMILES string of the molecule is N#CNc1cc(F)ccc1Cl. The maximum absolute atomic E-state index is 12.5. The summed E-state index contributed by atoms with van der Waals surface area (Å²) >= 11 is 5.59. The molecular weight excluding hydrogens is 167 g/mol. The molecule has 4 heteroatoms. The van der Waals surface area contributed by atoms with Crippen LogP contribution in [0.4, 0.5) is 10.1 Å². The second-order valence-corrected chi connectivity index (χ2v) is 2.27. The van der Waals surface area contributed by atoms with Crippen LogP contribution >= 0.6 is 11.6 Å². The van der Waals surface area contributed by atoms with Gasteiger partial charge in [0.25, 0.3) is 0 Å². The van der Waals surface area contributed by atoms with Gasteiger partial charge in [-0.05, 0) is 18.2 Å². The second-order valence-electron chi connectivity index (χ2n) is 1.86. The fourth-order valence-electron chi connectivity index (χ4n) is 0.654. The monoisotopic (exact) mass is 170 g/mol. The van der Waals surface area contributed by atoms with E-state index in [1.165, 1.54) is 12.1 Å². The molecule has 1 N–H and O–H groups in total. The van der Waals surface area contributed by atoms with Crippen LogP contribution in [0.15, 0.2) is 18.2 Å². The van der Waals surface area contributed by atoms with Gasteiger partial charge in [0.2, 0.25) is 0 Å². The van der Waals surface area contributed by atoms with Gasteiger partial charge in [-0.2, -0.15) is 5.26 Å². The highest BCUT2D eigenvalue weighted by Crippen LogP contribution is 2.21. The molecule has 1 rings (SSSR count). The number of anilines is 1. The Bertz CT molecular complexity index is 306. The van der Waals surface area contributed by atoms with Crippen LogP contribution < -0.4 is 5.32 Å². The lowest BCUT2D eigenvalue weighted by Gasteiger charge is -1.98. The van der Waals surface area contributed by atoms with Crippen molar-refractivity contribution in [3.05, 3.63) is 29.0 Å². The average Bonchev–Trinajstić information content (AvgIpc) is 1.98. The zero-order valence-electron chi connectivity index (χ0n) is 5.44. The Morgan fingerprint density at radius 3 is 2.91 bits per heavy atom. The molecule has 0 heterocycles. The third kappa shape index (κ3) is 1.82. The first kappa shape index (κ1) is 7.83. The highest BCUT2D eigenvalue weighted by atomic mass is 35.5. The van der Waals surface area contributed by atoms with Crippen molar-refractivity contribution in [2.75, 3.05) is 5.32 Å². The van der Waals surface area contributed by atoms with Crippen molar-refractivity contribution >= 4 is 17.3 Å². The first-order chi connectivity index (χ1) is 5.24. The molecule has 0 spiro atoms. The first-order valence-electron chi connectivity index (χ1n) is 2.84. The maximum atomic E-state index is 12.5. The Kier molecular flexibility index (Phi) is 2.29. The molecule has 0 aliphatic rings. The Morgan fingerprint density at radius 2 is 2.27 bits per heavy atom. The summed E-state index contributed by atoms with van der Waals surface area (Å²) in [6, 6.07) is 3.77. The molecule has 2 nitrogen and oxygen atoms in total. The van der Waals surface area contributed by atoms with Gasteiger partial charge in [0.05, 0.1) is 10.7 Å². The molecule has 0 radical (unpaired) electrons. The zero-order chi connectivity index (χ0) is 8.27. The molecule has 0 bridgehead atoms. The van der Waals surface area contributed by atoms with Crippen molar-refractivity contribution in [2.45, 2.75) is 0 Å². The molecule has 1 aromatic carbocycles. The fourth-order valence-corrected chi connectivity index (χ4v) is 0.818. The van der Waals surface area contributed by atoms with E-state index in [2.05, 4.69) is 5.32 Å². The summed E-state index contributed by atoms with van der Waals surface area (Å²) in [5, 5.41) is 10.8. The molecule has 0 aliphatic carbocycles. The lowest BCUT2D eigenvalue weighted by Crippen LogP contribution is -1.88. The van der Waals surface area contributed by atoms with Gasteiger partial charge in [0.1, 0.15) is 5.82 Å². The van der Waals surface area contributed by atoms with Gasteiger partial charge in [-0.25, -0.2) is 4.39 Å². The number of hydrogen-bond acceptors (Lipinski definition) is 2. The van der Waals surface area contributed by atoms with Crippen LogP contribution in [0, 0.1) is 17.3 Å². The van der Waals surface area contributed by atoms with E-state index in [0.717, 1.165) is 6.07 Å². The third-order valence-corrected chi connectivity index (χ3v) is 1.45. The van der Waals surface area contributed by atoms with Crippen molar-refractivity contribution < 1.29 is 4.39 Å². The quantitative estimate of drug-likeness (QED) is 0.519. The van der Waals surface area contributed by atoms with Crippen molar-refractivity contribution in [2.24, 2.45) is 0 Å². The van der Waals surface area contributed by atoms with E-state index in [-0.39, 0.29) is 5.69 Å². The number of nitriles is 1. The minimum atomic E-state index is -0.424. The van der Waals surface area contributed by atoms with Crippen LogP contribution in [-0.2, 0) is 0 Å². The minimum Gasteiger partial charge on any atom is -0.291 e. The molecule has 1 aromatic rings. The van der Waals surface area contributed by atoms with Crippen LogP contribution in [0.5, 0.6) is 0 Å². The van der Waals surface area contributed by atoms with Gasteiger partial charge in [0, 0.05) is 0 Å². The van der Waals surface area contributed by atoms with Crippen molar-refractivity contribution in [1.29, 1.82) is 5.26 Å². The number of hydrogen-bond donors (Lipinski definition) is 1. The predicted octanol–water partition coefficient (Wildman–Crippen LogP) is 2.37. The molecule has 0 fully saturated rings. The second kappa shape index (κ2) is 3.22. The number of nitrogens with one attached hydrogen (secondary N) is 1. The van der Waals surface area contributed by atoms with Gasteiger partial charge in [-0.15, -0.1) is 0 Å². The largest absolute Gasteiger partial charge is 0.291 e. The molecule has 11 heavy (non-hydrogen) atoms. The fraction of sp³-hybridized carbons (Fsp3) is 0. The van der Waals surface area contributed by atoms with Crippen LogP contribution in [0.3, 0.4) is 0 Å². The van der Waals surface area contributed by atoms with Gasteiger partial charge in [0.15, 0.2) is 6.19 Å². The maximum Gasteiger partial charge on any atom is 0.181 e. The summed E-state index contributed by atoms with van der Waals surface area (Å²) in [5.74, 6) is -0.424. The van der Waals surface area contributed by atoms with E-state index in [9.17, 15) is 4.39 Å². The van der Waals surface area contributed by atoms with Gasteiger partial charge >= 0.3 is 0 Å².